The van der Waals surface area contributed by atoms with E-state index in [1.165, 1.54) is 0 Å². The second-order valence-electron chi connectivity index (χ2n) is 6.06. The summed E-state index contributed by atoms with van der Waals surface area (Å²) in [7, 11) is 0. The molecule has 0 saturated carbocycles. The van der Waals surface area contributed by atoms with Crippen molar-refractivity contribution in [1.82, 2.24) is 4.98 Å². The van der Waals surface area contributed by atoms with Crippen LogP contribution in [0, 0.1) is 13.8 Å². The number of ketones is 1. The Kier molecular flexibility index (Phi) is 3.64. The van der Waals surface area contributed by atoms with Crippen molar-refractivity contribution in [3.05, 3.63) is 53.2 Å². The molecule has 0 fully saturated rings. The van der Waals surface area contributed by atoms with Crippen molar-refractivity contribution in [2.24, 2.45) is 0 Å². The van der Waals surface area contributed by atoms with Crippen molar-refractivity contribution in [1.29, 1.82) is 0 Å². The standard InChI is InChI=1S/C20H20N2O/c1-11(9-13(3)23)18-12(2)10-17(21)20-19(18)16-8-6-5-7-15(16)14(4)22-20/h5-10H,21H2,1-4H3. The molecule has 1 aromatic heterocycles. The molecule has 0 radical (unpaired) electrons. The highest BCUT2D eigenvalue weighted by atomic mass is 16.1. The summed E-state index contributed by atoms with van der Waals surface area (Å²) in [4.78, 5) is 16.3. The molecule has 0 spiro atoms. The van der Waals surface area contributed by atoms with E-state index in [4.69, 9.17) is 10.7 Å². The number of benzene rings is 2. The maximum Gasteiger partial charge on any atom is 0.152 e. The lowest BCUT2D eigenvalue weighted by Gasteiger charge is -2.16. The molecule has 3 aromatic rings. The van der Waals surface area contributed by atoms with E-state index in [0.29, 0.717) is 5.69 Å². The van der Waals surface area contributed by atoms with Crippen LogP contribution < -0.4 is 5.73 Å². The number of allylic oxidation sites excluding steroid dienone is 2. The molecule has 0 aliphatic heterocycles. The monoisotopic (exact) mass is 304 g/mol. The van der Waals surface area contributed by atoms with Gasteiger partial charge in [-0.25, -0.2) is 0 Å². The molecule has 2 aromatic carbocycles. The minimum atomic E-state index is 0.0382. The first kappa shape index (κ1) is 15.2. The van der Waals surface area contributed by atoms with Gasteiger partial charge in [-0.2, -0.15) is 0 Å². The Morgan fingerprint density at radius 3 is 2.43 bits per heavy atom. The second kappa shape index (κ2) is 5.51. The number of nitrogen functional groups attached to an aromatic ring is 1. The van der Waals surface area contributed by atoms with Gasteiger partial charge in [-0.1, -0.05) is 24.3 Å². The third kappa shape index (κ3) is 2.48. The van der Waals surface area contributed by atoms with E-state index >= 15 is 0 Å². The summed E-state index contributed by atoms with van der Waals surface area (Å²) in [6, 6.07) is 10.1. The number of pyridine rings is 1. The van der Waals surface area contributed by atoms with Crippen LogP contribution in [0.2, 0.25) is 0 Å². The summed E-state index contributed by atoms with van der Waals surface area (Å²) in [5, 5.41) is 3.26. The van der Waals surface area contributed by atoms with Crippen LogP contribution in [0.1, 0.15) is 30.7 Å². The number of hydrogen-bond acceptors (Lipinski definition) is 3. The fraction of sp³-hybridized carbons (Fsp3) is 0.200. The molecule has 2 N–H and O–H groups in total. The van der Waals surface area contributed by atoms with E-state index in [1.807, 2.05) is 39.0 Å². The van der Waals surface area contributed by atoms with Crippen LogP contribution in [0.4, 0.5) is 5.69 Å². The van der Waals surface area contributed by atoms with E-state index in [9.17, 15) is 4.79 Å². The Morgan fingerprint density at radius 2 is 1.78 bits per heavy atom. The summed E-state index contributed by atoms with van der Waals surface area (Å²) in [6.07, 6.45) is 1.67. The van der Waals surface area contributed by atoms with E-state index in [2.05, 4.69) is 12.1 Å². The van der Waals surface area contributed by atoms with Crippen LogP contribution in [-0.2, 0) is 4.79 Å². The molecule has 0 atom stereocenters. The third-order valence-electron chi connectivity index (χ3n) is 4.21. The number of hydrogen-bond donors (Lipinski definition) is 1. The number of rotatable bonds is 2. The van der Waals surface area contributed by atoms with Gasteiger partial charge in [-0.3, -0.25) is 9.78 Å². The molecule has 0 saturated heterocycles. The molecule has 23 heavy (non-hydrogen) atoms. The fourth-order valence-electron chi connectivity index (χ4n) is 3.35. The van der Waals surface area contributed by atoms with Crippen LogP contribution in [0.25, 0.3) is 27.2 Å². The SMILES string of the molecule is CC(=O)C=C(C)c1c(C)cc(N)c2nc(C)c3ccccc3c12. The van der Waals surface area contributed by atoms with E-state index in [1.54, 1.807) is 13.0 Å². The van der Waals surface area contributed by atoms with Gasteiger partial charge in [0.05, 0.1) is 11.2 Å². The smallest absolute Gasteiger partial charge is 0.152 e. The van der Waals surface area contributed by atoms with Crippen molar-refractivity contribution in [2.45, 2.75) is 27.7 Å². The number of nitrogens with zero attached hydrogens (tertiary/aromatic N) is 1. The zero-order chi connectivity index (χ0) is 16.7. The van der Waals surface area contributed by atoms with Crippen LogP contribution in [-0.4, -0.2) is 10.8 Å². The van der Waals surface area contributed by atoms with Gasteiger partial charge in [-0.15, -0.1) is 0 Å². The molecule has 0 unspecified atom stereocenters. The van der Waals surface area contributed by atoms with Gasteiger partial charge >= 0.3 is 0 Å². The fourth-order valence-corrected chi connectivity index (χ4v) is 3.35. The molecule has 1 heterocycles. The number of aromatic nitrogens is 1. The van der Waals surface area contributed by atoms with E-state index < -0.39 is 0 Å². The van der Waals surface area contributed by atoms with Gasteiger partial charge in [0.2, 0.25) is 0 Å². The highest BCUT2D eigenvalue weighted by Gasteiger charge is 2.15. The first-order valence-electron chi connectivity index (χ1n) is 7.67. The van der Waals surface area contributed by atoms with Gasteiger partial charge in [0.15, 0.2) is 5.78 Å². The normalized spacial score (nSPS) is 12.1. The third-order valence-corrected chi connectivity index (χ3v) is 4.21. The van der Waals surface area contributed by atoms with Gasteiger partial charge in [-0.05, 0) is 61.9 Å². The summed E-state index contributed by atoms with van der Waals surface area (Å²) >= 11 is 0. The molecular weight excluding hydrogens is 284 g/mol. The lowest BCUT2D eigenvalue weighted by atomic mass is 9.91. The zero-order valence-electron chi connectivity index (χ0n) is 13.9. The molecule has 0 aliphatic rings. The zero-order valence-corrected chi connectivity index (χ0v) is 13.9. The summed E-state index contributed by atoms with van der Waals surface area (Å²) in [5.74, 6) is 0.0382. The average Bonchev–Trinajstić information content (AvgIpc) is 2.48. The first-order chi connectivity index (χ1) is 10.9. The first-order valence-corrected chi connectivity index (χ1v) is 7.67. The number of anilines is 1. The lowest BCUT2D eigenvalue weighted by Crippen LogP contribution is -2.00. The van der Waals surface area contributed by atoms with Crippen LogP contribution >= 0.6 is 0 Å². The number of nitrogens with two attached hydrogens (primary N) is 1. The predicted molar refractivity (Wildman–Crippen MR) is 97.5 cm³/mol. The van der Waals surface area contributed by atoms with Crippen LogP contribution in [0.5, 0.6) is 0 Å². The van der Waals surface area contributed by atoms with Gasteiger partial charge in [0, 0.05) is 16.5 Å². The molecule has 0 bridgehead atoms. The molecule has 3 rings (SSSR count). The van der Waals surface area contributed by atoms with E-state index in [-0.39, 0.29) is 5.78 Å². The Morgan fingerprint density at radius 1 is 1.13 bits per heavy atom. The molecule has 116 valence electrons. The minimum absolute atomic E-state index is 0.0382. The Labute approximate surface area is 135 Å². The van der Waals surface area contributed by atoms with Crippen molar-refractivity contribution in [3.8, 4) is 0 Å². The Bertz CT molecular complexity index is 984. The van der Waals surface area contributed by atoms with Crippen molar-refractivity contribution < 1.29 is 4.79 Å². The summed E-state index contributed by atoms with van der Waals surface area (Å²) in [5.41, 5.74) is 11.7. The topological polar surface area (TPSA) is 56.0 Å². The molecule has 0 aliphatic carbocycles. The predicted octanol–water partition coefficient (Wildman–Crippen LogP) is 4.58. The van der Waals surface area contributed by atoms with Crippen LogP contribution in [0.15, 0.2) is 36.4 Å². The number of aryl methyl sites for hydroxylation is 2. The number of fused-ring (bicyclic) bond motifs is 3. The van der Waals surface area contributed by atoms with Crippen molar-refractivity contribution >= 4 is 38.7 Å². The largest absolute Gasteiger partial charge is 0.397 e. The highest BCUT2D eigenvalue weighted by Crippen LogP contribution is 2.37. The minimum Gasteiger partial charge on any atom is -0.397 e. The maximum atomic E-state index is 11.5. The molecule has 0 amide bonds. The Balaban J connectivity index is 2.59. The summed E-state index contributed by atoms with van der Waals surface area (Å²) < 4.78 is 0. The molecule has 3 nitrogen and oxygen atoms in total. The van der Waals surface area contributed by atoms with Crippen LogP contribution in [0.3, 0.4) is 0 Å². The quantitative estimate of drug-likeness (QED) is 0.428. The summed E-state index contributed by atoms with van der Waals surface area (Å²) in [6.45, 7) is 7.56. The van der Waals surface area contributed by atoms with Gasteiger partial charge < -0.3 is 5.73 Å². The average molecular weight is 304 g/mol. The van der Waals surface area contributed by atoms with E-state index in [0.717, 1.165) is 44.1 Å². The maximum absolute atomic E-state index is 11.5. The lowest BCUT2D eigenvalue weighted by molar-refractivity contribution is -0.112. The number of carbonyl (C=O) groups is 1. The highest BCUT2D eigenvalue weighted by molar-refractivity contribution is 6.15. The number of carbonyl (C=O) groups excluding carboxylic acids is 1. The van der Waals surface area contributed by atoms with Gasteiger partial charge in [0.1, 0.15) is 0 Å². The van der Waals surface area contributed by atoms with Crippen molar-refractivity contribution in [2.75, 3.05) is 5.73 Å². The van der Waals surface area contributed by atoms with Gasteiger partial charge in [0.25, 0.3) is 0 Å². The van der Waals surface area contributed by atoms with Crippen molar-refractivity contribution in [3.63, 3.8) is 0 Å². The second-order valence-corrected chi connectivity index (χ2v) is 6.06. The Hall–Kier alpha value is -2.68. The molecular formula is C20H20N2O. The molecule has 3 heteroatoms.